The van der Waals surface area contributed by atoms with E-state index in [-0.39, 0.29) is 12.5 Å². The number of hydrogen-bond donors (Lipinski definition) is 3. The lowest BCUT2D eigenvalue weighted by molar-refractivity contribution is -0.0878. The number of carbonyl (C=O) groups is 2. The third-order valence-electron chi connectivity index (χ3n) is 4.80. The van der Waals surface area contributed by atoms with Gasteiger partial charge in [0, 0.05) is 50.2 Å². The number of aromatic nitrogens is 4. The Morgan fingerprint density at radius 2 is 1.94 bits per heavy atom. The number of nitrogens with zero attached hydrogens (tertiary/aromatic N) is 7. The van der Waals surface area contributed by atoms with E-state index in [4.69, 9.17) is 25.4 Å². The number of hydroxylamine groups is 1. The number of nitrogen functional groups attached to an aromatic ring is 1. The summed E-state index contributed by atoms with van der Waals surface area (Å²) >= 11 is 0. The van der Waals surface area contributed by atoms with Crippen LogP contribution in [0.2, 0.25) is 0 Å². The number of fused-ring (bicyclic) bond motifs is 1. The predicted octanol–water partition coefficient (Wildman–Crippen LogP) is -0.119. The first-order valence-electron chi connectivity index (χ1n) is 9.49. The lowest BCUT2D eigenvalue weighted by Crippen LogP contribution is -2.50. The molecule has 2 amide bonds. The average Bonchev–Trinajstić information content (AvgIpc) is 3.21. The number of nitrogens with two attached hydrogens (primary N) is 1. The highest BCUT2D eigenvalue weighted by atomic mass is 16.8. The number of nitrogens with one attached hydrogen (secondary N) is 1. The van der Waals surface area contributed by atoms with E-state index in [9.17, 15) is 9.59 Å². The summed E-state index contributed by atoms with van der Waals surface area (Å²) in [7, 11) is 1.37. The molecule has 2 aromatic rings. The van der Waals surface area contributed by atoms with Crippen LogP contribution < -0.4 is 21.0 Å². The van der Waals surface area contributed by atoms with Crippen LogP contribution >= 0.6 is 0 Å². The number of carbonyl (C=O) groups excluding carboxylic acids is 1. The number of hydrogen-bond acceptors (Lipinski definition) is 11. The summed E-state index contributed by atoms with van der Waals surface area (Å²) in [6, 6.07) is -0.765. The molecule has 0 radical (unpaired) electrons. The van der Waals surface area contributed by atoms with Gasteiger partial charge in [0.2, 0.25) is 11.9 Å². The molecule has 1 fully saturated rings. The van der Waals surface area contributed by atoms with E-state index in [1.54, 1.807) is 12.4 Å². The van der Waals surface area contributed by atoms with Gasteiger partial charge in [-0.3, -0.25) is 4.84 Å². The molecule has 0 aliphatic carbocycles. The lowest BCUT2D eigenvalue weighted by Gasteiger charge is -2.31. The molecule has 0 bridgehead atoms. The second-order valence-corrected chi connectivity index (χ2v) is 6.66. The molecule has 1 saturated heterocycles. The monoisotopic (exact) mass is 431 g/mol. The van der Waals surface area contributed by atoms with Gasteiger partial charge in [-0.2, -0.15) is 4.98 Å². The van der Waals surface area contributed by atoms with Crippen molar-refractivity contribution >= 4 is 29.9 Å². The fourth-order valence-corrected chi connectivity index (χ4v) is 3.38. The van der Waals surface area contributed by atoms with Crippen molar-refractivity contribution < 1.29 is 24.3 Å². The summed E-state index contributed by atoms with van der Waals surface area (Å²) < 4.78 is 5.40. The van der Waals surface area contributed by atoms with Crippen molar-refractivity contribution in [1.82, 2.24) is 30.4 Å². The largest absolute Gasteiger partial charge is 0.532 e. The first kappa shape index (κ1) is 20.3. The van der Waals surface area contributed by atoms with Crippen LogP contribution in [-0.4, -0.2) is 82.3 Å². The molecule has 4 heterocycles. The minimum absolute atomic E-state index is 0.130. The SMILES string of the molecule is CNC(=O)N(OC(=O)O)N1CCc2c(-c3cnc(N)nc3)nc(N3CCOCC3)nc21. The summed E-state index contributed by atoms with van der Waals surface area (Å²) in [5.41, 5.74) is 7.51. The van der Waals surface area contributed by atoms with Crippen LogP contribution in [0.3, 0.4) is 0 Å². The van der Waals surface area contributed by atoms with E-state index in [1.807, 2.05) is 4.90 Å². The summed E-state index contributed by atoms with van der Waals surface area (Å²) in [6.45, 7) is 2.47. The Bertz CT molecular complexity index is 981. The van der Waals surface area contributed by atoms with Gasteiger partial charge < -0.3 is 25.8 Å². The van der Waals surface area contributed by atoms with E-state index >= 15 is 0 Å². The van der Waals surface area contributed by atoms with Gasteiger partial charge in [-0.1, -0.05) is 0 Å². The Morgan fingerprint density at radius 1 is 1.23 bits per heavy atom. The second kappa shape index (κ2) is 8.43. The smallest absolute Gasteiger partial charge is 0.448 e. The minimum Gasteiger partial charge on any atom is -0.448 e. The molecule has 2 aromatic heterocycles. The molecular formula is C17H21N9O5. The highest BCUT2D eigenvalue weighted by Gasteiger charge is 2.36. The molecule has 0 saturated carbocycles. The Hall–Kier alpha value is -3.94. The molecular weight excluding hydrogens is 410 g/mol. The summed E-state index contributed by atoms with van der Waals surface area (Å²) in [6.07, 6.45) is 1.92. The zero-order chi connectivity index (χ0) is 22.0. The molecule has 2 aliphatic rings. The van der Waals surface area contributed by atoms with E-state index in [2.05, 4.69) is 20.3 Å². The standard InChI is InChI=1S/C17H21N9O5/c1-19-16(27)26(31-17(28)29)25-3-2-11-12(10-8-20-14(18)21-9-10)22-15(23-13(11)25)24-4-6-30-7-5-24/h8-9H,2-7H2,1H3,(H,19,27)(H,28,29)(H2,18,20,21). The summed E-state index contributed by atoms with van der Waals surface area (Å²) in [5, 5.41) is 13.5. The van der Waals surface area contributed by atoms with Gasteiger partial charge >= 0.3 is 12.2 Å². The third kappa shape index (κ3) is 4.05. The fourth-order valence-electron chi connectivity index (χ4n) is 3.38. The summed E-state index contributed by atoms with van der Waals surface area (Å²) in [4.78, 5) is 47.6. The second-order valence-electron chi connectivity index (χ2n) is 6.66. The molecule has 0 atom stereocenters. The first-order chi connectivity index (χ1) is 15.0. The van der Waals surface area contributed by atoms with E-state index in [0.717, 1.165) is 0 Å². The number of ether oxygens (including phenoxy) is 1. The zero-order valence-corrected chi connectivity index (χ0v) is 16.7. The molecule has 0 aromatic carbocycles. The van der Waals surface area contributed by atoms with Gasteiger partial charge in [-0.25, -0.2) is 29.5 Å². The molecule has 0 unspecified atom stereocenters. The lowest BCUT2D eigenvalue weighted by atomic mass is 10.1. The van der Waals surface area contributed by atoms with Gasteiger partial charge in [-0.15, -0.1) is 0 Å². The third-order valence-corrected chi connectivity index (χ3v) is 4.80. The van der Waals surface area contributed by atoms with Crippen LogP contribution in [0.5, 0.6) is 0 Å². The van der Waals surface area contributed by atoms with E-state index in [1.165, 1.54) is 12.1 Å². The molecule has 4 N–H and O–H groups in total. The van der Waals surface area contributed by atoms with Crippen LogP contribution in [0.15, 0.2) is 12.4 Å². The summed E-state index contributed by atoms with van der Waals surface area (Å²) in [5.74, 6) is 0.895. The van der Waals surface area contributed by atoms with Crippen molar-refractivity contribution in [1.29, 1.82) is 0 Å². The molecule has 14 heteroatoms. The van der Waals surface area contributed by atoms with Crippen LogP contribution in [0.1, 0.15) is 5.56 Å². The van der Waals surface area contributed by atoms with Crippen molar-refractivity contribution in [3.8, 4) is 11.3 Å². The van der Waals surface area contributed by atoms with Gasteiger partial charge in [0.15, 0.2) is 5.82 Å². The number of carboxylic acid groups (broad SMARTS) is 1. The van der Waals surface area contributed by atoms with Crippen molar-refractivity contribution in [2.45, 2.75) is 6.42 Å². The van der Waals surface area contributed by atoms with Crippen LogP contribution in [0, 0.1) is 0 Å². The van der Waals surface area contributed by atoms with Gasteiger partial charge in [0.1, 0.15) is 0 Å². The van der Waals surface area contributed by atoms with E-state index in [0.29, 0.717) is 66.5 Å². The highest BCUT2D eigenvalue weighted by Crippen LogP contribution is 2.36. The Balaban J connectivity index is 1.82. The maximum Gasteiger partial charge on any atom is 0.532 e. The van der Waals surface area contributed by atoms with Gasteiger partial charge in [0.25, 0.3) is 0 Å². The topological polar surface area (TPSA) is 172 Å². The minimum atomic E-state index is -1.63. The van der Waals surface area contributed by atoms with Crippen molar-refractivity contribution in [3.63, 3.8) is 0 Å². The Kier molecular flexibility index (Phi) is 5.53. The van der Waals surface area contributed by atoms with Crippen molar-refractivity contribution in [2.24, 2.45) is 0 Å². The van der Waals surface area contributed by atoms with Crippen molar-refractivity contribution in [3.05, 3.63) is 18.0 Å². The maximum atomic E-state index is 12.3. The van der Waals surface area contributed by atoms with E-state index < -0.39 is 12.2 Å². The van der Waals surface area contributed by atoms with Crippen LogP contribution in [-0.2, 0) is 16.0 Å². The number of amides is 2. The van der Waals surface area contributed by atoms with Gasteiger partial charge in [-0.05, 0) is 11.6 Å². The van der Waals surface area contributed by atoms with Crippen molar-refractivity contribution in [2.75, 3.05) is 55.5 Å². The number of rotatable bonds is 3. The Labute approximate surface area is 176 Å². The molecule has 164 valence electrons. The Morgan fingerprint density at radius 3 is 2.58 bits per heavy atom. The maximum absolute atomic E-state index is 12.3. The molecule has 31 heavy (non-hydrogen) atoms. The van der Waals surface area contributed by atoms with Crippen LogP contribution in [0.25, 0.3) is 11.3 Å². The average molecular weight is 431 g/mol. The molecule has 14 nitrogen and oxygen atoms in total. The van der Waals surface area contributed by atoms with Gasteiger partial charge in [0.05, 0.1) is 18.9 Å². The molecule has 2 aliphatic heterocycles. The first-order valence-corrected chi connectivity index (χ1v) is 9.49. The number of urea groups is 1. The number of morpholine rings is 1. The number of anilines is 3. The zero-order valence-electron chi connectivity index (χ0n) is 16.7. The molecule has 0 spiro atoms. The van der Waals surface area contributed by atoms with Crippen LogP contribution in [0.4, 0.5) is 27.3 Å². The highest BCUT2D eigenvalue weighted by molar-refractivity contribution is 5.79. The number of hydrazine groups is 1. The fraction of sp³-hybridized carbons (Fsp3) is 0.412. The quantitative estimate of drug-likeness (QED) is 0.551. The normalized spacial score (nSPS) is 15.4. The molecule has 4 rings (SSSR count). The predicted molar refractivity (Wildman–Crippen MR) is 107 cm³/mol.